The van der Waals surface area contributed by atoms with Crippen LogP contribution in [0, 0.1) is 0 Å². The summed E-state index contributed by atoms with van der Waals surface area (Å²) >= 11 is 0. The van der Waals surface area contributed by atoms with E-state index in [0.717, 1.165) is 57.8 Å². The van der Waals surface area contributed by atoms with Gasteiger partial charge in [0.1, 0.15) is 19.8 Å². The second kappa shape index (κ2) is 32.4. The van der Waals surface area contributed by atoms with Crippen molar-refractivity contribution in [3.63, 3.8) is 0 Å². The average molecular weight is 716 g/mol. The lowest BCUT2D eigenvalue weighted by atomic mass is 10.1. The van der Waals surface area contributed by atoms with Gasteiger partial charge in [-0.25, -0.2) is 0 Å². The second-order valence-corrected chi connectivity index (χ2v) is 15.7. The summed E-state index contributed by atoms with van der Waals surface area (Å²) < 4.78 is 33.7. The number of nitrogens with zero attached hydrogens (tertiary/aromatic N) is 1. The first-order valence-electron chi connectivity index (χ1n) is 19.5. The third kappa shape index (κ3) is 36.1. The zero-order valence-corrected chi connectivity index (χ0v) is 33.0. The molecular weight excluding hydrogens is 641 g/mol. The molecule has 0 heterocycles. The summed E-state index contributed by atoms with van der Waals surface area (Å²) in [6.07, 6.45) is 32.0. The Morgan fingerprint density at radius 1 is 0.633 bits per heavy atom. The maximum absolute atomic E-state index is 12.6. The first-order chi connectivity index (χ1) is 23.5. The van der Waals surface area contributed by atoms with Crippen LogP contribution in [0.4, 0.5) is 0 Å². The number of carbonyl (C=O) groups excluding carboxylic acids is 2. The number of quaternary nitrogens is 1. The van der Waals surface area contributed by atoms with Crippen molar-refractivity contribution in [2.45, 2.75) is 168 Å². The van der Waals surface area contributed by atoms with Crippen LogP contribution in [0.1, 0.15) is 162 Å². The van der Waals surface area contributed by atoms with Gasteiger partial charge in [-0.1, -0.05) is 128 Å². The molecule has 0 radical (unpaired) electrons. The molecule has 288 valence electrons. The molecule has 49 heavy (non-hydrogen) atoms. The zero-order valence-electron chi connectivity index (χ0n) is 32.1. The number of ether oxygens (including phenoxy) is 2. The van der Waals surface area contributed by atoms with Crippen molar-refractivity contribution in [3.8, 4) is 0 Å². The SMILES string of the molecule is CCCCC/C=C\C/C=C\CCCCCCCC(=O)OC(COC(=O)CCCCCCCCCCCC)COP(=O)([O-])OCC[N+](C)(C)C. The van der Waals surface area contributed by atoms with Gasteiger partial charge in [-0.3, -0.25) is 14.2 Å². The van der Waals surface area contributed by atoms with E-state index in [0.29, 0.717) is 17.4 Å². The van der Waals surface area contributed by atoms with Gasteiger partial charge in [0, 0.05) is 12.8 Å². The number of hydrogen-bond donors (Lipinski definition) is 0. The fourth-order valence-electron chi connectivity index (χ4n) is 5.09. The molecule has 0 aromatic rings. The summed E-state index contributed by atoms with van der Waals surface area (Å²) in [6, 6.07) is 0. The number of unbranched alkanes of at least 4 members (excludes halogenated alkanes) is 17. The predicted octanol–water partition coefficient (Wildman–Crippen LogP) is 9.77. The molecule has 0 spiro atoms. The summed E-state index contributed by atoms with van der Waals surface area (Å²) in [5.41, 5.74) is 0. The molecule has 2 atom stereocenters. The van der Waals surface area contributed by atoms with Crippen LogP contribution in [0.15, 0.2) is 24.3 Å². The van der Waals surface area contributed by atoms with Crippen LogP contribution < -0.4 is 4.89 Å². The first-order valence-corrected chi connectivity index (χ1v) is 21.0. The van der Waals surface area contributed by atoms with Crippen molar-refractivity contribution in [3.05, 3.63) is 24.3 Å². The fraction of sp³-hybridized carbons (Fsp3) is 0.846. The molecule has 0 aromatic heterocycles. The Kier molecular flexibility index (Phi) is 31.4. The molecule has 0 fully saturated rings. The second-order valence-electron chi connectivity index (χ2n) is 14.3. The van der Waals surface area contributed by atoms with Crippen LogP contribution in [0.2, 0.25) is 0 Å². The summed E-state index contributed by atoms with van der Waals surface area (Å²) in [5.74, 6) is -0.851. The van der Waals surface area contributed by atoms with Crippen molar-refractivity contribution >= 4 is 19.8 Å². The largest absolute Gasteiger partial charge is 0.756 e. The summed E-state index contributed by atoms with van der Waals surface area (Å²) in [5, 5.41) is 0. The van der Waals surface area contributed by atoms with Crippen molar-refractivity contribution in [2.24, 2.45) is 0 Å². The number of carbonyl (C=O) groups is 2. The number of phosphoric acid groups is 1. The van der Waals surface area contributed by atoms with Crippen molar-refractivity contribution in [1.82, 2.24) is 0 Å². The molecule has 2 unspecified atom stereocenters. The number of allylic oxidation sites excluding steroid dienone is 4. The van der Waals surface area contributed by atoms with Crippen LogP contribution in [-0.4, -0.2) is 70.0 Å². The molecule has 9 nitrogen and oxygen atoms in total. The maximum Gasteiger partial charge on any atom is 0.306 e. The van der Waals surface area contributed by atoms with Gasteiger partial charge >= 0.3 is 11.9 Å². The van der Waals surface area contributed by atoms with Gasteiger partial charge in [0.15, 0.2) is 6.10 Å². The molecule has 0 aliphatic carbocycles. The van der Waals surface area contributed by atoms with E-state index in [1.54, 1.807) is 0 Å². The van der Waals surface area contributed by atoms with Gasteiger partial charge in [-0.15, -0.1) is 0 Å². The van der Waals surface area contributed by atoms with E-state index in [2.05, 4.69) is 38.2 Å². The standard InChI is InChI=1S/C39H74NO8P/c1-6-8-10-12-14-16-18-19-20-21-22-24-26-28-30-32-39(42)48-37(36-47-49(43,44)46-34-33-40(3,4)5)35-45-38(41)31-29-27-25-23-17-15-13-11-9-7-2/h14,16,19-20,37H,6-13,15,17-18,21-36H2,1-5H3/b16-14-,20-19-. The minimum absolute atomic E-state index is 0.0323. The fourth-order valence-corrected chi connectivity index (χ4v) is 5.82. The van der Waals surface area contributed by atoms with E-state index in [1.165, 1.54) is 70.6 Å². The van der Waals surface area contributed by atoms with E-state index in [1.807, 2.05) is 21.1 Å². The van der Waals surface area contributed by atoms with Gasteiger partial charge in [0.25, 0.3) is 7.82 Å². The minimum atomic E-state index is -4.62. The lowest BCUT2D eigenvalue weighted by Crippen LogP contribution is -2.37. The van der Waals surface area contributed by atoms with Crippen molar-refractivity contribution in [2.75, 3.05) is 47.5 Å². The third-order valence-corrected chi connectivity index (χ3v) is 9.19. The van der Waals surface area contributed by atoms with Crippen molar-refractivity contribution < 1.29 is 42.1 Å². The Morgan fingerprint density at radius 2 is 1.10 bits per heavy atom. The number of likely N-dealkylation sites (N-methyl/N-ethyl adjacent to an activating group) is 1. The molecule has 0 amide bonds. The van der Waals surface area contributed by atoms with Crippen LogP contribution in [-0.2, 0) is 32.7 Å². The molecule has 0 rings (SSSR count). The smallest absolute Gasteiger partial charge is 0.306 e. The molecule has 0 aromatic carbocycles. The van der Waals surface area contributed by atoms with E-state index in [-0.39, 0.29) is 32.0 Å². The zero-order chi connectivity index (χ0) is 36.5. The highest BCUT2D eigenvalue weighted by Gasteiger charge is 2.21. The molecule has 0 aliphatic heterocycles. The van der Waals surface area contributed by atoms with Gasteiger partial charge < -0.3 is 27.9 Å². The Bertz CT molecular complexity index is 902. The first kappa shape index (κ1) is 47.5. The Balaban J connectivity index is 4.45. The van der Waals surface area contributed by atoms with Crippen LogP contribution >= 0.6 is 7.82 Å². The number of esters is 2. The highest BCUT2D eigenvalue weighted by Crippen LogP contribution is 2.38. The Hall–Kier alpha value is -1.51. The molecule has 0 saturated heterocycles. The predicted molar refractivity (Wildman–Crippen MR) is 199 cm³/mol. The van der Waals surface area contributed by atoms with Gasteiger partial charge in [0.05, 0.1) is 27.7 Å². The lowest BCUT2D eigenvalue weighted by molar-refractivity contribution is -0.870. The topological polar surface area (TPSA) is 111 Å². The quantitative estimate of drug-likeness (QED) is 0.0210. The number of rotatable bonds is 35. The van der Waals surface area contributed by atoms with E-state index in [9.17, 15) is 19.0 Å². The highest BCUT2D eigenvalue weighted by molar-refractivity contribution is 7.45. The lowest BCUT2D eigenvalue weighted by Gasteiger charge is -2.28. The van der Waals surface area contributed by atoms with E-state index in [4.69, 9.17) is 18.5 Å². The Labute approximate surface area is 300 Å². The van der Waals surface area contributed by atoms with Crippen LogP contribution in [0.25, 0.3) is 0 Å². The molecule has 0 bridgehead atoms. The van der Waals surface area contributed by atoms with E-state index >= 15 is 0 Å². The Morgan fingerprint density at radius 3 is 1.65 bits per heavy atom. The summed E-state index contributed by atoms with van der Waals surface area (Å²) in [6.45, 7) is 4.16. The highest BCUT2D eigenvalue weighted by atomic mass is 31.2. The van der Waals surface area contributed by atoms with Gasteiger partial charge in [-0.05, 0) is 44.9 Å². The number of phosphoric ester groups is 1. The minimum Gasteiger partial charge on any atom is -0.756 e. The molecule has 0 N–H and O–H groups in total. The summed E-state index contributed by atoms with van der Waals surface area (Å²) in [4.78, 5) is 37.3. The molecule has 0 aliphatic rings. The maximum atomic E-state index is 12.6. The van der Waals surface area contributed by atoms with Crippen LogP contribution in [0.3, 0.4) is 0 Å². The van der Waals surface area contributed by atoms with Crippen LogP contribution in [0.5, 0.6) is 0 Å². The summed E-state index contributed by atoms with van der Waals surface area (Å²) in [7, 11) is 1.16. The average Bonchev–Trinajstić information content (AvgIpc) is 3.04. The normalized spacial score (nSPS) is 14.0. The van der Waals surface area contributed by atoms with E-state index < -0.39 is 26.5 Å². The molecular formula is C39H74NO8P. The van der Waals surface area contributed by atoms with Gasteiger partial charge in [0.2, 0.25) is 0 Å². The monoisotopic (exact) mass is 716 g/mol. The molecule has 10 heteroatoms. The molecule has 0 saturated carbocycles. The van der Waals surface area contributed by atoms with Gasteiger partial charge in [-0.2, -0.15) is 0 Å². The third-order valence-electron chi connectivity index (χ3n) is 8.22. The number of hydrogen-bond acceptors (Lipinski definition) is 8. The van der Waals surface area contributed by atoms with Crippen molar-refractivity contribution in [1.29, 1.82) is 0 Å².